The molecule has 0 spiro atoms. The Morgan fingerprint density at radius 1 is 1.32 bits per heavy atom. The van der Waals surface area contributed by atoms with Gasteiger partial charge in [0.25, 0.3) is 5.91 Å². The van der Waals surface area contributed by atoms with E-state index in [1.54, 1.807) is 25.4 Å². The molecule has 3 rings (SSSR count). The number of methoxy groups -OCH3 is 1. The van der Waals surface area contributed by atoms with Gasteiger partial charge in [-0.25, -0.2) is 8.42 Å². The maximum atomic E-state index is 12.8. The average molecular weight is 384 g/mol. The molecule has 7 nitrogen and oxygen atoms in total. The van der Waals surface area contributed by atoms with E-state index in [0.717, 1.165) is 0 Å². The zero-order valence-electron chi connectivity index (χ0n) is 13.8. The molecule has 2 aromatic rings. The first-order valence-corrected chi connectivity index (χ1v) is 9.61. The molecule has 1 saturated heterocycles. The summed E-state index contributed by atoms with van der Waals surface area (Å²) in [5.74, 6) is -0.0461. The van der Waals surface area contributed by atoms with Crippen molar-refractivity contribution < 1.29 is 17.9 Å². The highest BCUT2D eigenvalue weighted by molar-refractivity contribution is 7.92. The van der Waals surface area contributed by atoms with Crippen molar-refractivity contribution in [3.05, 3.63) is 41.0 Å². The van der Waals surface area contributed by atoms with E-state index in [-0.39, 0.29) is 23.2 Å². The molecule has 1 aliphatic heterocycles. The molecule has 1 aromatic carbocycles. The van der Waals surface area contributed by atoms with Crippen LogP contribution in [0.15, 0.2) is 35.4 Å². The first-order valence-electron chi connectivity index (χ1n) is 7.69. The van der Waals surface area contributed by atoms with E-state index < -0.39 is 15.1 Å². The number of carbonyl (C=O) groups excluding carboxylic acids is 1. The van der Waals surface area contributed by atoms with Crippen molar-refractivity contribution in [3.8, 4) is 5.88 Å². The first-order chi connectivity index (χ1) is 11.8. The number of aryl methyl sites for hydroxylation is 1. The van der Waals surface area contributed by atoms with Crippen LogP contribution in [0.25, 0.3) is 0 Å². The highest BCUT2D eigenvalue weighted by atomic mass is 35.5. The number of ether oxygens (including phenoxy) is 1. The molecule has 0 radical (unpaired) electrons. The summed E-state index contributed by atoms with van der Waals surface area (Å²) < 4.78 is 32.1. The van der Waals surface area contributed by atoms with E-state index in [0.29, 0.717) is 23.6 Å². The second kappa shape index (κ2) is 6.68. The lowest BCUT2D eigenvalue weighted by Gasteiger charge is -2.16. The van der Waals surface area contributed by atoms with Crippen LogP contribution in [-0.2, 0) is 16.9 Å². The van der Waals surface area contributed by atoms with Gasteiger partial charge in [-0.05, 0) is 30.7 Å². The van der Waals surface area contributed by atoms with Gasteiger partial charge >= 0.3 is 0 Å². The molecule has 0 aliphatic carbocycles. The van der Waals surface area contributed by atoms with Crippen LogP contribution in [0.3, 0.4) is 0 Å². The normalized spacial score (nSPS) is 17.7. The van der Waals surface area contributed by atoms with Crippen molar-refractivity contribution in [1.82, 2.24) is 14.7 Å². The van der Waals surface area contributed by atoms with Gasteiger partial charge in [-0.1, -0.05) is 11.6 Å². The standard InChI is InChI=1S/C16H18ClN3O4S/c1-19-10-14(15(18-19)24-2)16(21)20-8-7-13(9-20)25(22,23)12-5-3-11(17)4-6-12/h3-6,10,13H,7-9H2,1-2H3. The SMILES string of the molecule is COc1nn(C)cc1C(=O)N1CCC(S(=O)(=O)c2ccc(Cl)cc2)C1. The lowest BCUT2D eigenvalue weighted by atomic mass is 10.3. The number of rotatable bonds is 4. The molecule has 1 amide bonds. The summed E-state index contributed by atoms with van der Waals surface area (Å²) in [5, 5.41) is 3.90. The van der Waals surface area contributed by atoms with Gasteiger partial charge in [-0.3, -0.25) is 9.48 Å². The van der Waals surface area contributed by atoms with E-state index >= 15 is 0 Å². The Morgan fingerprint density at radius 2 is 2.00 bits per heavy atom. The number of hydrogen-bond donors (Lipinski definition) is 0. The number of nitrogens with zero attached hydrogens (tertiary/aromatic N) is 3. The summed E-state index contributed by atoms with van der Waals surface area (Å²) in [6.45, 7) is 0.510. The lowest BCUT2D eigenvalue weighted by molar-refractivity contribution is 0.0789. The Bertz CT molecular complexity index is 893. The molecule has 134 valence electrons. The maximum absolute atomic E-state index is 12.8. The Labute approximate surface area is 151 Å². The minimum absolute atomic E-state index is 0.141. The summed E-state index contributed by atoms with van der Waals surface area (Å²) in [4.78, 5) is 14.4. The zero-order chi connectivity index (χ0) is 18.2. The monoisotopic (exact) mass is 383 g/mol. The molecule has 0 saturated carbocycles. The largest absolute Gasteiger partial charge is 0.479 e. The minimum atomic E-state index is -3.52. The summed E-state index contributed by atoms with van der Waals surface area (Å²) in [5.41, 5.74) is 0.328. The molecule has 2 heterocycles. The number of hydrogen-bond acceptors (Lipinski definition) is 5. The topological polar surface area (TPSA) is 81.5 Å². The van der Waals surface area contributed by atoms with E-state index in [2.05, 4.69) is 5.10 Å². The third kappa shape index (κ3) is 3.36. The molecular formula is C16H18ClN3O4S. The fourth-order valence-electron chi connectivity index (χ4n) is 2.92. The first kappa shape index (κ1) is 17.8. The molecule has 1 atom stereocenters. The Balaban J connectivity index is 1.79. The fraction of sp³-hybridized carbons (Fsp3) is 0.375. The highest BCUT2D eigenvalue weighted by Gasteiger charge is 2.37. The van der Waals surface area contributed by atoms with Crippen molar-refractivity contribution in [3.63, 3.8) is 0 Å². The smallest absolute Gasteiger partial charge is 0.261 e. The number of benzene rings is 1. The fourth-order valence-corrected chi connectivity index (χ4v) is 4.74. The number of carbonyl (C=O) groups is 1. The van der Waals surface area contributed by atoms with Gasteiger partial charge in [0.15, 0.2) is 9.84 Å². The quantitative estimate of drug-likeness (QED) is 0.803. The van der Waals surface area contributed by atoms with E-state index in [1.807, 2.05) is 0 Å². The summed E-state index contributed by atoms with van der Waals surface area (Å²) in [6.07, 6.45) is 1.96. The van der Waals surface area contributed by atoms with E-state index in [4.69, 9.17) is 16.3 Å². The van der Waals surface area contributed by atoms with E-state index in [9.17, 15) is 13.2 Å². The van der Waals surface area contributed by atoms with Crippen LogP contribution in [0.1, 0.15) is 16.8 Å². The zero-order valence-corrected chi connectivity index (χ0v) is 15.4. The van der Waals surface area contributed by atoms with Crippen molar-refractivity contribution >= 4 is 27.3 Å². The number of halogens is 1. The predicted molar refractivity (Wildman–Crippen MR) is 92.7 cm³/mol. The van der Waals surface area contributed by atoms with Crippen molar-refractivity contribution in [1.29, 1.82) is 0 Å². The second-order valence-corrected chi connectivity index (χ2v) is 8.55. The molecule has 1 aromatic heterocycles. The third-order valence-electron chi connectivity index (χ3n) is 4.23. The molecule has 0 N–H and O–H groups in total. The van der Waals surface area contributed by atoms with Gasteiger partial charge in [0.2, 0.25) is 5.88 Å². The van der Waals surface area contributed by atoms with Gasteiger partial charge in [-0.15, -0.1) is 5.10 Å². The van der Waals surface area contributed by atoms with Crippen LogP contribution in [0.2, 0.25) is 5.02 Å². The minimum Gasteiger partial charge on any atom is -0.479 e. The van der Waals surface area contributed by atoms with Gasteiger partial charge in [-0.2, -0.15) is 0 Å². The Morgan fingerprint density at radius 3 is 2.64 bits per heavy atom. The number of amides is 1. The van der Waals surface area contributed by atoms with E-state index in [1.165, 1.54) is 28.8 Å². The molecule has 9 heteroatoms. The maximum Gasteiger partial charge on any atom is 0.261 e. The van der Waals surface area contributed by atoms with Gasteiger partial charge in [0, 0.05) is 31.4 Å². The molecule has 1 aliphatic rings. The van der Waals surface area contributed by atoms with Gasteiger partial charge in [0.1, 0.15) is 5.56 Å². The molecular weight excluding hydrogens is 366 g/mol. The van der Waals surface area contributed by atoms with Crippen molar-refractivity contribution in [2.75, 3.05) is 20.2 Å². The van der Waals surface area contributed by atoms with Gasteiger partial charge in [0.05, 0.1) is 17.3 Å². The molecule has 0 bridgehead atoms. The number of likely N-dealkylation sites (tertiary alicyclic amines) is 1. The summed E-state index contributed by atoms with van der Waals surface area (Å²) in [7, 11) is -0.386. The molecule has 25 heavy (non-hydrogen) atoms. The van der Waals surface area contributed by atoms with Crippen molar-refractivity contribution in [2.24, 2.45) is 7.05 Å². The molecule has 1 fully saturated rings. The second-order valence-electron chi connectivity index (χ2n) is 5.89. The van der Waals surface area contributed by atoms with Crippen LogP contribution >= 0.6 is 11.6 Å². The van der Waals surface area contributed by atoms with Gasteiger partial charge < -0.3 is 9.64 Å². The van der Waals surface area contributed by atoms with Crippen LogP contribution < -0.4 is 4.74 Å². The number of sulfone groups is 1. The third-order valence-corrected chi connectivity index (χ3v) is 6.68. The summed E-state index contributed by atoms with van der Waals surface area (Å²) >= 11 is 5.82. The highest BCUT2D eigenvalue weighted by Crippen LogP contribution is 2.27. The van der Waals surface area contributed by atoms with Crippen molar-refractivity contribution in [2.45, 2.75) is 16.6 Å². The van der Waals surface area contributed by atoms with Crippen LogP contribution in [-0.4, -0.2) is 54.5 Å². The Hall–Kier alpha value is -2.06. The van der Waals surface area contributed by atoms with Crippen LogP contribution in [0.4, 0.5) is 0 Å². The average Bonchev–Trinajstić information content (AvgIpc) is 3.21. The lowest BCUT2D eigenvalue weighted by Crippen LogP contribution is -2.32. The molecule has 1 unspecified atom stereocenters. The predicted octanol–water partition coefficient (Wildman–Crippen LogP) is 1.77. The van der Waals surface area contributed by atoms with Crippen LogP contribution in [0, 0.1) is 0 Å². The van der Waals surface area contributed by atoms with Crippen LogP contribution in [0.5, 0.6) is 5.88 Å². The Kier molecular flexibility index (Phi) is 4.75. The summed E-state index contributed by atoms with van der Waals surface area (Å²) in [6, 6.07) is 6.08. The number of aromatic nitrogens is 2.